The van der Waals surface area contributed by atoms with Gasteiger partial charge in [-0.1, -0.05) is 0 Å². The zero-order chi connectivity index (χ0) is 14.8. The Morgan fingerprint density at radius 1 is 0.905 bits per heavy atom. The Bertz CT molecular complexity index is 815. The molecule has 0 unspecified atom stereocenters. The predicted molar refractivity (Wildman–Crippen MR) is 92.9 cm³/mol. The Morgan fingerprint density at radius 3 is 2.29 bits per heavy atom. The van der Waals surface area contributed by atoms with Crippen molar-refractivity contribution in [2.24, 2.45) is 0 Å². The van der Waals surface area contributed by atoms with Gasteiger partial charge in [-0.3, -0.25) is 0 Å². The minimum atomic E-state index is -0.286. The molecule has 0 atom stereocenters. The van der Waals surface area contributed by atoms with Crippen LogP contribution in [0.2, 0.25) is 0 Å². The minimum Gasteiger partial charge on any atom is -0.399 e. The maximum absolute atomic E-state index is 6.16. The zero-order valence-corrected chi connectivity index (χ0v) is 14.2. The molecular formula is C16H17BO2S2. The molecule has 0 N–H and O–H groups in total. The highest BCUT2D eigenvalue weighted by atomic mass is 32.1. The van der Waals surface area contributed by atoms with Crippen LogP contribution in [0.4, 0.5) is 0 Å². The molecule has 1 aliphatic rings. The third-order valence-corrected chi connectivity index (χ3v) is 6.64. The lowest BCUT2D eigenvalue weighted by atomic mass is 9.87. The van der Waals surface area contributed by atoms with Crippen LogP contribution in [0.25, 0.3) is 20.2 Å². The summed E-state index contributed by atoms with van der Waals surface area (Å²) in [6.07, 6.45) is 0. The second-order valence-corrected chi connectivity index (χ2v) is 8.61. The van der Waals surface area contributed by atoms with Gasteiger partial charge in [0.1, 0.15) is 0 Å². The highest BCUT2D eigenvalue weighted by Crippen LogP contribution is 2.38. The molecule has 0 bridgehead atoms. The number of hydrogen-bond acceptors (Lipinski definition) is 4. The molecule has 0 aliphatic carbocycles. The van der Waals surface area contributed by atoms with Crippen molar-refractivity contribution in [3.63, 3.8) is 0 Å². The van der Waals surface area contributed by atoms with Crippen LogP contribution in [0, 0.1) is 0 Å². The van der Waals surface area contributed by atoms with Crippen LogP contribution < -0.4 is 4.78 Å². The smallest absolute Gasteiger partial charge is 0.399 e. The lowest BCUT2D eigenvalue weighted by Gasteiger charge is -2.32. The fraction of sp³-hybridized carbons (Fsp3) is 0.375. The molecule has 1 saturated heterocycles. The number of rotatable bonds is 1. The van der Waals surface area contributed by atoms with Gasteiger partial charge in [-0.05, 0) is 57.3 Å². The van der Waals surface area contributed by atoms with Crippen molar-refractivity contribution in [3.8, 4) is 0 Å². The van der Waals surface area contributed by atoms with Crippen LogP contribution >= 0.6 is 22.7 Å². The Balaban J connectivity index is 1.81. The average Bonchev–Trinajstić information content (AvgIpc) is 3.06. The second-order valence-electron chi connectivity index (χ2n) is 6.55. The van der Waals surface area contributed by atoms with E-state index in [9.17, 15) is 0 Å². The molecule has 1 aliphatic heterocycles. The van der Waals surface area contributed by atoms with Crippen LogP contribution in [0.3, 0.4) is 0 Å². The van der Waals surface area contributed by atoms with Gasteiger partial charge < -0.3 is 9.31 Å². The fourth-order valence-electron chi connectivity index (χ4n) is 2.66. The topological polar surface area (TPSA) is 18.5 Å². The molecule has 0 spiro atoms. The van der Waals surface area contributed by atoms with E-state index >= 15 is 0 Å². The fourth-order valence-corrected chi connectivity index (χ4v) is 4.50. The molecule has 0 amide bonds. The van der Waals surface area contributed by atoms with Crippen LogP contribution in [0.5, 0.6) is 0 Å². The molecule has 2 nitrogen and oxygen atoms in total. The van der Waals surface area contributed by atoms with Crippen LogP contribution in [-0.4, -0.2) is 18.3 Å². The average molecular weight is 316 g/mol. The Kier molecular flexibility index (Phi) is 2.83. The van der Waals surface area contributed by atoms with Gasteiger partial charge in [-0.25, -0.2) is 0 Å². The monoisotopic (exact) mass is 316 g/mol. The molecular weight excluding hydrogens is 299 g/mol. The molecule has 4 rings (SSSR count). The van der Waals surface area contributed by atoms with E-state index in [0.29, 0.717) is 0 Å². The molecule has 1 aromatic carbocycles. The van der Waals surface area contributed by atoms with E-state index in [1.807, 2.05) is 0 Å². The van der Waals surface area contributed by atoms with Gasteiger partial charge in [0.2, 0.25) is 0 Å². The Labute approximate surface area is 132 Å². The van der Waals surface area contributed by atoms with Gasteiger partial charge in [0.15, 0.2) is 0 Å². The summed E-state index contributed by atoms with van der Waals surface area (Å²) in [5, 5.41) is 4.79. The molecule has 21 heavy (non-hydrogen) atoms. The molecule has 3 heterocycles. The number of thiophene rings is 2. The standard InChI is InChI=1S/C16H17BO2S2/c1-15(2)16(3,4)19-17(18-15)14-9-11-10-7-8-20-12(10)5-6-13(11)21-14/h5-9H,1-4H3. The predicted octanol–water partition coefficient (Wildman–Crippen LogP) is 4.42. The van der Waals surface area contributed by atoms with Crippen molar-refractivity contribution in [1.82, 2.24) is 0 Å². The second kappa shape index (κ2) is 4.32. The third kappa shape index (κ3) is 1.99. The molecule has 3 aromatic rings. The first-order valence-corrected chi connectivity index (χ1v) is 8.82. The number of benzene rings is 1. The van der Waals surface area contributed by atoms with Crippen LogP contribution in [0.1, 0.15) is 27.7 Å². The summed E-state index contributed by atoms with van der Waals surface area (Å²) in [5.41, 5.74) is -0.572. The van der Waals surface area contributed by atoms with Crippen molar-refractivity contribution in [3.05, 3.63) is 29.6 Å². The first-order valence-electron chi connectivity index (χ1n) is 7.13. The van der Waals surface area contributed by atoms with Crippen LogP contribution in [-0.2, 0) is 9.31 Å². The summed E-state index contributed by atoms with van der Waals surface area (Å²) in [4.78, 5) is 0. The van der Waals surface area contributed by atoms with E-state index in [4.69, 9.17) is 9.31 Å². The minimum absolute atomic E-state index is 0.263. The van der Waals surface area contributed by atoms with E-state index in [0.717, 1.165) is 4.78 Å². The van der Waals surface area contributed by atoms with Crippen LogP contribution in [0.15, 0.2) is 29.6 Å². The van der Waals surface area contributed by atoms with Gasteiger partial charge >= 0.3 is 7.12 Å². The highest BCUT2D eigenvalue weighted by Gasteiger charge is 2.52. The van der Waals surface area contributed by atoms with Crippen molar-refractivity contribution < 1.29 is 9.31 Å². The van der Waals surface area contributed by atoms with E-state index in [1.165, 1.54) is 20.2 Å². The third-order valence-electron chi connectivity index (χ3n) is 4.64. The first kappa shape index (κ1) is 13.8. The maximum atomic E-state index is 6.16. The SMILES string of the molecule is CC1(C)OB(c2cc3c(ccc4sccc43)s2)OC1(C)C. The van der Waals surface area contributed by atoms with Gasteiger partial charge in [0.25, 0.3) is 0 Å². The lowest BCUT2D eigenvalue weighted by Crippen LogP contribution is -2.41. The molecule has 1 fully saturated rings. The van der Waals surface area contributed by atoms with E-state index in [2.05, 4.69) is 57.3 Å². The Hall–Kier alpha value is -0.875. The number of fused-ring (bicyclic) bond motifs is 3. The molecule has 5 heteroatoms. The molecule has 108 valence electrons. The quantitative estimate of drug-likeness (QED) is 0.619. The molecule has 0 radical (unpaired) electrons. The summed E-state index contributed by atoms with van der Waals surface area (Å²) in [6.45, 7) is 8.38. The summed E-state index contributed by atoms with van der Waals surface area (Å²) in [5.74, 6) is 0. The Morgan fingerprint density at radius 2 is 1.57 bits per heavy atom. The molecule has 2 aromatic heterocycles. The summed E-state index contributed by atoms with van der Waals surface area (Å²) >= 11 is 3.55. The van der Waals surface area contributed by atoms with Gasteiger partial charge in [-0.2, -0.15) is 0 Å². The van der Waals surface area contributed by atoms with Gasteiger partial charge in [0, 0.05) is 24.9 Å². The summed E-state index contributed by atoms with van der Waals surface area (Å²) < 4.78 is 16.1. The summed E-state index contributed by atoms with van der Waals surface area (Å²) in [6, 6.07) is 8.83. The van der Waals surface area contributed by atoms with E-state index in [1.54, 1.807) is 22.7 Å². The summed E-state index contributed by atoms with van der Waals surface area (Å²) in [7, 11) is -0.263. The highest BCUT2D eigenvalue weighted by molar-refractivity contribution is 7.28. The first-order chi connectivity index (χ1) is 9.87. The maximum Gasteiger partial charge on any atom is 0.505 e. The van der Waals surface area contributed by atoms with Crippen molar-refractivity contribution in [1.29, 1.82) is 0 Å². The zero-order valence-electron chi connectivity index (χ0n) is 12.6. The molecule has 0 saturated carbocycles. The van der Waals surface area contributed by atoms with Crippen molar-refractivity contribution in [2.45, 2.75) is 38.9 Å². The van der Waals surface area contributed by atoms with E-state index in [-0.39, 0.29) is 18.3 Å². The van der Waals surface area contributed by atoms with Crippen molar-refractivity contribution in [2.75, 3.05) is 0 Å². The number of hydrogen-bond donors (Lipinski definition) is 0. The van der Waals surface area contributed by atoms with Crippen molar-refractivity contribution >= 4 is 54.7 Å². The van der Waals surface area contributed by atoms with E-state index < -0.39 is 0 Å². The normalized spacial score (nSPS) is 20.7. The largest absolute Gasteiger partial charge is 0.505 e. The van der Waals surface area contributed by atoms with Gasteiger partial charge in [0.05, 0.1) is 11.2 Å². The van der Waals surface area contributed by atoms with Gasteiger partial charge in [-0.15, -0.1) is 22.7 Å². The lowest BCUT2D eigenvalue weighted by molar-refractivity contribution is 0.00578.